The van der Waals surface area contributed by atoms with Crippen LogP contribution in [0.2, 0.25) is 0 Å². The summed E-state index contributed by atoms with van der Waals surface area (Å²) in [5.74, 6) is 1.71. The van der Waals surface area contributed by atoms with Crippen molar-refractivity contribution in [1.29, 1.82) is 0 Å². The second-order valence-electron chi connectivity index (χ2n) is 7.86. The average Bonchev–Trinajstić information content (AvgIpc) is 3.66. The number of hydrogen-bond acceptors (Lipinski definition) is 5. The predicted octanol–water partition coefficient (Wildman–Crippen LogP) is 4.17. The van der Waals surface area contributed by atoms with E-state index in [2.05, 4.69) is 0 Å². The number of ether oxygens (including phenoxy) is 4. The molecule has 2 aromatic rings. The van der Waals surface area contributed by atoms with Crippen molar-refractivity contribution in [3.05, 3.63) is 59.7 Å². The third-order valence-electron chi connectivity index (χ3n) is 6.34. The van der Waals surface area contributed by atoms with Gasteiger partial charge in [0.2, 0.25) is 5.78 Å². The van der Waals surface area contributed by atoms with Crippen LogP contribution in [-0.2, 0) is 14.3 Å². The minimum atomic E-state index is -0.744. The number of hydrogen-bond donors (Lipinski definition) is 0. The Balaban J connectivity index is 1.40. The second kappa shape index (κ2) is 6.33. The molecule has 2 aromatic carbocycles. The summed E-state index contributed by atoms with van der Waals surface area (Å²) in [5.41, 5.74) is 0.555. The number of methoxy groups -OCH3 is 2. The lowest BCUT2D eigenvalue weighted by Gasteiger charge is -2.14. The van der Waals surface area contributed by atoms with Gasteiger partial charge in [0.1, 0.15) is 23.7 Å². The van der Waals surface area contributed by atoms with Gasteiger partial charge in [0.05, 0.1) is 14.2 Å². The lowest BCUT2D eigenvalue weighted by Crippen LogP contribution is -2.37. The van der Waals surface area contributed by atoms with Gasteiger partial charge in [-0.2, -0.15) is 0 Å². The molecule has 146 valence electrons. The molecule has 2 saturated heterocycles. The summed E-state index contributed by atoms with van der Waals surface area (Å²) in [4.78, 5) is 13.6. The van der Waals surface area contributed by atoms with Crippen molar-refractivity contribution in [3.8, 4) is 11.5 Å². The van der Waals surface area contributed by atoms with Gasteiger partial charge in [-0.3, -0.25) is 4.79 Å². The van der Waals surface area contributed by atoms with Gasteiger partial charge in [-0.05, 0) is 61.1 Å². The molecule has 4 atom stereocenters. The van der Waals surface area contributed by atoms with E-state index in [4.69, 9.17) is 18.9 Å². The Bertz CT molecular complexity index is 817. The van der Waals surface area contributed by atoms with E-state index in [1.165, 1.54) is 0 Å². The van der Waals surface area contributed by atoms with Gasteiger partial charge in [-0.1, -0.05) is 24.3 Å². The normalized spacial score (nSPS) is 33.6. The SMILES string of the molecule is COc1ccc([C@H]2OC23CCCCC2(O[C@H]2c2ccc(OC)cc2)C3=O)cc1. The Morgan fingerprint density at radius 1 is 0.750 bits per heavy atom. The molecule has 2 spiro atoms. The number of Topliss-reactive ketones (excluding diaryl/α,β-unsaturated/α-hetero) is 1. The molecule has 0 N–H and O–H groups in total. The highest BCUT2D eigenvalue weighted by molar-refractivity contribution is 6.00. The Morgan fingerprint density at radius 3 is 1.50 bits per heavy atom. The molecule has 3 fully saturated rings. The first-order chi connectivity index (χ1) is 13.6. The van der Waals surface area contributed by atoms with Gasteiger partial charge in [0, 0.05) is 0 Å². The fourth-order valence-corrected chi connectivity index (χ4v) is 4.67. The summed E-state index contributed by atoms with van der Waals surface area (Å²) < 4.78 is 22.7. The fourth-order valence-electron chi connectivity index (χ4n) is 4.67. The molecule has 0 bridgehead atoms. The number of carbonyl (C=O) groups excluding carboxylic acids is 1. The lowest BCUT2D eigenvalue weighted by atomic mass is 9.83. The fraction of sp³-hybridized carbons (Fsp3) is 0.435. The molecule has 5 heteroatoms. The first-order valence-corrected chi connectivity index (χ1v) is 9.81. The van der Waals surface area contributed by atoms with E-state index >= 15 is 0 Å². The smallest absolute Gasteiger partial charge is 0.202 e. The molecule has 5 rings (SSSR count). The first-order valence-electron chi connectivity index (χ1n) is 9.81. The van der Waals surface area contributed by atoms with Crippen LogP contribution in [0.15, 0.2) is 48.5 Å². The number of rotatable bonds is 4. The van der Waals surface area contributed by atoms with Gasteiger partial charge in [-0.25, -0.2) is 0 Å². The zero-order valence-electron chi connectivity index (χ0n) is 16.1. The van der Waals surface area contributed by atoms with Crippen LogP contribution < -0.4 is 9.47 Å². The zero-order valence-corrected chi connectivity index (χ0v) is 16.1. The van der Waals surface area contributed by atoms with E-state index < -0.39 is 11.2 Å². The Hall–Kier alpha value is -2.37. The molecule has 5 nitrogen and oxygen atoms in total. The van der Waals surface area contributed by atoms with Crippen LogP contribution in [0, 0.1) is 0 Å². The third-order valence-corrected chi connectivity index (χ3v) is 6.34. The van der Waals surface area contributed by atoms with E-state index in [1.807, 2.05) is 48.5 Å². The van der Waals surface area contributed by atoms with Crippen LogP contribution in [-0.4, -0.2) is 31.2 Å². The molecule has 1 aliphatic carbocycles. The van der Waals surface area contributed by atoms with Gasteiger partial charge < -0.3 is 18.9 Å². The number of epoxide rings is 2. The number of ketones is 1. The van der Waals surface area contributed by atoms with Gasteiger partial charge in [-0.15, -0.1) is 0 Å². The summed E-state index contributed by atoms with van der Waals surface area (Å²) in [7, 11) is 3.29. The maximum absolute atomic E-state index is 13.6. The minimum absolute atomic E-state index is 0.110. The van der Waals surface area contributed by atoms with Gasteiger partial charge >= 0.3 is 0 Å². The molecule has 28 heavy (non-hydrogen) atoms. The summed E-state index contributed by atoms with van der Waals surface area (Å²) >= 11 is 0. The van der Waals surface area contributed by atoms with Crippen molar-refractivity contribution in [1.82, 2.24) is 0 Å². The predicted molar refractivity (Wildman–Crippen MR) is 103 cm³/mol. The van der Waals surface area contributed by atoms with Crippen LogP contribution in [0.25, 0.3) is 0 Å². The Labute approximate surface area is 164 Å². The largest absolute Gasteiger partial charge is 0.497 e. The van der Waals surface area contributed by atoms with Gasteiger partial charge in [0.15, 0.2) is 11.2 Å². The van der Waals surface area contributed by atoms with Crippen LogP contribution >= 0.6 is 0 Å². The highest BCUT2D eigenvalue weighted by Crippen LogP contribution is 2.64. The molecule has 0 amide bonds. The molecule has 2 heterocycles. The third kappa shape index (κ3) is 2.57. The topological polar surface area (TPSA) is 60.6 Å². The molecule has 1 saturated carbocycles. The van der Waals surface area contributed by atoms with Crippen LogP contribution in [0.4, 0.5) is 0 Å². The van der Waals surface area contributed by atoms with Crippen molar-refractivity contribution >= 4 is 5.78 Å². The average molecular weight is 380 g/mol. The van der Waals surface area contributed by atoms with E-state index in [0.717, 1.165) is 48.3 Å². The van der Waals surface area contributed by atoms with Crippen molar-refractivity contribution in [3.63, 3.8) is 0 Å². The summed E-state index contributed by atoms with van der Waals surface area (Å²) in [6, 6.07) is 15.6. The zero-order chi connectivity index (χ0) is 19.4. The Morgan fingerprint density at radius 2 is 1.14 bits per heavy atom. The standard InChI is InChI=1S/C23H24O5/c1-25-17-9-5-15(6-10-17)19-22(27-19)13-3-4-14-23(21(22)24)20(28-23)16-7-11-18(26-2)12-8-16/h5-12,19-20H,3-4,13-14H2,1-2H3/t19-,20+,22?,23?. The number of benzene rings is 2. The highest BCUT2D eigenvalue weighted by Gasteiger charge is 2.75. The van der Waals surface area contributed by atoms with Crippen molar-refractivity contribution < 1.29 is 23.7 Å². The summed E-state index contributed by atoms with van der Waals surface area (Å²) in [5, 5.41) is 0. The first kappa shape index (κ1) is 17.7. The van der Waals surface area contributed by atoms with Crippen LogP contribution in [0.5, 0.6) is 11.5 Å². The van der Waals surface area contributed by atoms with E-state index in [1.54, 1.807) is 14.2 Å². The van der Waals surface area contributed by atoms with E-state index in [0.29, 0.717) is 0 Å². The van der Waals surface area contributed by atoms with E-state index in [-0.39, 0.29) is 18.0 Å². The van der Waals surface area contributed by atoms with Crippen molar-refractivity contribution in [2.45, 2.75) is 49.1 Å². The number of carbonyl (C=O) groups is 1. The quantitative estimate of drug-likeness (QED) is 0.745. The van der Waals surface area contributed by atoms with E-state index in [9.17, 15) is 4.79 Å². The monoisotopic (exact) mass is 380 g/mol. The van der Waals surface area contributed by atoms with Crippen LogP contribution in [0.3, 0.4) is 0 Å². The highest BCUT2D eigenvalue weighted by atomic mass is 16.6. The maximum Gasteiger partial charge on any atom is 0.202 e. The minimum Gasteiger partial charge on any atom is -0.497 e. The molecule has 2 aliphatic heterocycles. The second-order valence-corrected chi connectivity index (χ2v) is 7.86. The molecule has 0 aromatic heterocycles. The molecule has 0 radical (unpaired) electrons. The molecular weight excluding hydrogens is 356 g/mol. The van der Waals surface area contributed by atoms with Crippen LogP contribution in [0.1, 0.15) is 49.0 Å². The van der Waals surface area contributed by atoms with Crippen molar-refractivity contribution in [2.75, 3.05) is 14.2 Å². The van der Waals surface area contributed by atoms with Crippen molar-refractivity contribution in [2.24, 2.45) is 0 Å². The molecule has 3 aliphatic rings. The maximum atomic E-state index is 13.6. The molecular formula is C23H24O5. The summed E-state index contributed by atoms with van der Waals surface area (Å²) in [6.45, 7) is 0. The Kier molecular flexibility index (Phi) is 4.00. The summed E-state index contributed by atoms with van der Waals surface area (Å²) in [6.07, 6.45) is 3.06. The lowest BCUT2D eigenvalue weighted by molar-refractivity contribution is -0.129. The molecule has 2 unspecified atom stereocenters. The van der Waals surface area contributed by atoms with Gasteiger partial charge in [0.25, 0.3) is 0 Å².